The molecule has 0 unspecified atom stereocenters. The Balaban J connectivity index is 1.35. The lowest BCUT2D eigenvalue weighted by Gasteiger charge is -2.25. The molecule has 1 saturated heterocycles. The van der Waals surface area contributed by atoms with Crippen LogP contribution in [0.5, 0.6) is 11.5 Å². The number of aromatic nitrogens is 2. The number of hydrogen-bond donors (Lipinski definition) is 0. The summed E-state index contributed by atoms with van der Waals surface area (Å²) >= 11 is 0. The minimum atomic E-state index is -3.42. The van der Waals surface area contributed by atoms with Gasteiger partial charge in [0.25, 0.3) is 0 Å². The molecular formula is C22H25N3O4S. The summed E-state index contributed by atoms with van der Waals surface area (Å²) in [5.41, 5.74) is 2.79. The SMILES string of the molecule is O=S(=O)(CCn1cnc2ccccc21)N1CCC[C@H]1c1ccc2c(c1)OCCCO2. The Bertz CT molecular complexity index is 1160. The van der Waals surface area contributed by atoms with E-state index in [-0.39, 0.29) is 11.8 Å². The van der Waals surface area contributed by atoms with Crippen molar-refractivity contribution >= 4 is 21.1 Å². The lowest BCUT2D eigenvalue weighted by atomic mass is 10.0. The summed E-state index contributed by atoms with van der Waals surface area (Å²) < 4.78 is 41.5. The van der Waals surface area contributed by atoms with Crippen LogP contribution in [-0.4, -0.2) is 47.8 Å². The molecule has 2 aliphatic heterocycles. The van der Waals surface area contributed by atoms with Crippen LogP contribution in [0.25, 0.3) is 11.0 Å². The molecule has 158 valence electrons. The van der Waals surface area contributed by atoms with Gasteiger partial charge in [0.1, 0.15) is 0 Å². The van der Waals surface area contributed by atoms with Crippen molar-refractivity contribution < 1.29 is 17.9 Å². The molecule has 1 atom stereocenters. The van der Waals surface area contributed by atoms with Crippen LogP contribution in [0.3, 0.4) is 0 Å². The number of nitrogens with zero attached hydrogens (tertiary/aromatic N) is 3. The monoisotopic (exact) mass is 427 g/mol. The van der Waals surface area contributed by atoms with E-state index in [2.05, 4.69) is 4.98 Å². The second kappa shape index (κ2) is 7.92. The Morgan fingerprint density at radius 2 is 1.87 bits per heavy atom. The number of para-hydroxylation sites is 2. The Morgan fingerprint density at radius 1 is 1.03 bits per heavy atom. The van der Waals surface area contributed by atoms with Crippen LogP contribution in [0.4, 0.5) is 0 Å². The van der Waals surface area contributed by atoms with Gasteiger partial charge < -0.3 is 14.0 Å². The zero-order chi connectivity index (χ0) is 20.6. The molecular weight excluding hydrogens is 402 g/mol. The van der Waals surface area contributed by atoms with Gasteiger partial charge in [0.2, 0.25) is 10.0 Å². The Morgan fingerprint density at radius 3 is 2.77 bits per heavy atom. The summed E-state index contributed by atoms with van der Waals surface area (Å²) in [7, 11) is -3.42. The Hall–Kier alpha value is -2.58. The predicted octanol–water partition coefficient (Wildman–Crippen LogP) is 3.36. The molecule has 0 N–H and O–H groups in total. The summed E-state index contributed by atoms with van der Waals surface area (Å²) in [4.78, 5) is 4.36. The van der Waals surface area contributed by atoms with Crippen molar-refractivity contribution in [3.63, 3.8) is 0 Å². The highest BCUT2D eigenvalue weighted by atomic mass is 32.2. The second-order valence-corrected chi connectivity index (χ2v) is 9.81. The van der Waals surface area contributed by atoms with Crippen molar-refractivity contribution in [2.24, 2.45) is 0 Å². The third-order valence-corrected chi connectivity index (χ3v) is 7.68. The van der Waals surface area contributed by atoms with E-state index >= 15 is 0 Å². The minimum absolute atomic E-state index is 0.0500. The van der Waals surface area contributed by atoms with E-state index in [0.717, 1.165) is 41.6 Å². The molecule has 1 fully saturated rings. The summed E-state index contributed by atoms with van der Waals surface area (Å²) in [6.45, 7) is 2.18. The van der Waals surface area contributed by atoms with Crippen LogP contribution in [0.2, 0.25) is 0 Å². The van der Waals surface area contributed by atoms with E-state index in [9.17, 15) is 8.42 Å². The van der Waals surface area contributed by atoms with Crippen LogP contribution < -0.4 is 9.47 Å². The minimum Gasteiger partial charge on any atom is -0.490 e. The van der Waals surface area contributed by atoms with Crippen molar-refractivity contribution in [2.45, 2.75) is 31.8 Å². The van der Waals surface area contributed by atoms with Crippen LogP contribution in [0.1, 0.15) is 30.9 Å². The first-order valence-corrected chi connectivity index (χ1v) is 12.0. The van der Waals surface area contributed by atoms with Gasteiger partial charge in [0, 0.05) is 25.6 Å². The molecule has 0 bridgehead atoms. The topological polar surface area (TPSA) is 73.7 Å². The van der Waals surface area contributed by atoms with Crippen molar-refractivity contribution in [1.82, 2.24) is 13.9 Å². The molecule has 2 aliphatic rings. The standard InChI is InChI=1S/C22H25N3O4S/c26-30(27,14-11-24-16-23-18-5-1-2-6-20(18)24)25-10-3-7-19(25)17-8-9-21-22(15-17)29-13-4-12-28-21/h1-2,5-6,8-9,15-16,19H,3-4,7,10-14H2/t19-/m0/s1. The van der Waals surface area contributed by atoms with Gasteiger partial charge in [-0.1, -0.05) is 18.2 Å². The molecule has 8 heteroatoms. The quantitative estimate of drug-likeness (QED) is 0.624. The highest BCUT2D eigenvalue weighted by molar-refractivity contribution is 7.89. The highest BCUT2D eigenvalue weighted by Gasteiger charge is 2.35. The molecule has 0 aliphatic carbocycles. The molecule has 0 saturated carbocycles. The Labute approximate surface area is 176 Å². The van der Waals surface area contributed by atoms with E-state index in [0.29, 0.717) is 32.1 Å². The van der Waals surface area contributed by atoms with E-state index < -0.39 is 10.0 Å². The largest absolute Gasteiger partial charge is 0.490 e. The van der Waals surface area contributed by atoms with E-state index in [1.165, 1.54) is 0 Å². The lowest BCUT2D eigenvalue weighted by Crippen LogP contribution is -2.33. The van der Waals surface area contributed by atoms with Gasteiger partial charge in [-0.25, -0.2) is 13.4 Å². The van der Waals surface area contributed by atoms with Crippen molar-refractivity contribution in [3.05, 3.63) is 54.4 Å². The van der Waals surface area contributed by atoms with E-state index in [1.54, 1.807) is 10.6 Å². The van der Waals surface area contributed by atoms with Crippen molar-refractivity contribution in [3.8, 4) is 11.5 Å². The summed E-state index contributed by atoms with van der Waals surface area (Å²) in [5, 5.41) is 0. The zero-order valence-corrected chi connectivity index (χ0v) is 17.6. The summed E-state index contributed by atoms with van der Waals surface area (Å²) in [6, 6.07) is 13.4. The van der Waals surface area contributed by atoms with Gasteiger partial charge in [-0.15, -0.1) is 0 Å². The molecule has 0 amide bonds. The molecule has 2 aromatic carbocycles. The van der Waals surface area contributed by atoms with Crippen LogP contribution in [-0.2, 0) is 16.6 Å². The van der Waals surface area contributed by atoms with Gasteiger partial charge in [0.05, 0.1) is 36.3 Å². The summed E-state index contributed by atoms with van der Waals surface area (Å²) in [5.74, 6) is 1.49. The molecule has 3 heterocycles. The number of hydrogen-bond acceptors (Lipinski definition) is 5. The number of benzene rings is 2. The molecule has 3 aromatic rings. The van der Waals surface area contributed by atoms with Crippen molar-refractivity contribution in [2.75, 3.05) is 25.5 Å². The maximum Gasteiger partial charge on any atom is 0.216 e. The molecule has 0 radical (unpaired) electrons. The maximum atomic E-state index is 13.2. The third-order valence-electron chi connectivity index (χ3n) is 5.83. The van der Waals surface area contributed by atoms with Gasteiger partial charge in [-0.3, -0.25) is 0 Å². The van der Waals surface area contributed by atoms with Gasteiger partial charge in [-0.05, 0) is 42.7 Å². The van der Waals surface area contributed by atoms with E-state index in [4.69, 9.17) is 9.47 Å². The average molecular weight is 428 g/mol. The van der Waals surface area contributed by atoms with Crippen LogP contribution in [0, 0.1) is 0 Å². The number of rotatable bonds is 5. The molecule has 1 aromatic heterocycles. The normalized spacial score (nSPS) is 19.8. The van der Waals surface area contributed by atoms with Gasteiger partial charge in [-0.2, -0.15) is 4.31 Å². The zero-order valence-electron chi connectivity index (χ0n) is 16.7. The van der Waals surface area contributed by atoms with Crippen LogP contribution in [0.15, 0.2) is 48.8 Å². The molecule has 5 rings (SSSR count). The smallest absolute Gasteiger partial charge is 0.216 e. The highest BCUT2D eigenvalue weighted by Crippen LogP contribution is 2.39. The number of ether oxygens (including phenoxy) is 2. The molecule has 7 nitrogen and oxygen atoms in total. The van der Waals surface area contributed by atoms with Gasteiger partial charge >= 0.3 is 0 Å². The van der Waals surface area contributed by atoms with Crippen LogP contribution >= 0.6 is 0 Å². The first kappa shape index (κ1) is 19.4. The summed E-state index contributed by atoms with van der Waals surface area (Å²) in [6.07, 6.45) is 4.22. The van der Waals surface area contributed by atoms with E-state index in [1.807, 2.05) is 47.0 Å². The predicted molar refractivity (Wildman–Crippen MR) is 114 cm³/mol. The Kier molecular flexibility index (Phi) is 5.12. The fourth-order valence-electron chi connectivity index (χ4n) is 4.31. The van der Waals surface area contributed by atoms with Crippen molar-refractivity contribution in [1.29, 1.82) is 0 Å². The number of imidazole rings is 1. The second-order valence-electron chi connectivity index (χ2n) is 7.77. The number of sulfonamides is 1. The fraction of sp³-hybridized carbons (Fsp3) is 0.409. The maximum absolute atomic E-state index is 13.2. The third kappa shape index (κ3) is 3.65. The van der Waals surface area contributed by atoms with Gasteiger partial charge in [0.15, 0.2) is 11.5 Å². The number of aryl methyl sites for hydroxylation is 1. The average Bonchev–Trinajstić information content (AvgIpc) is 3.34. The molecule has 0 spiro atoms. The first-order valence-electron chi connectivity index (χ1n) is 10.4. The lowest BCUT2D eigenvalue weighted by molar-refractivity contribution is 0.296. The molecule has 30 heavy (non-hydrogen) atoms. The first-order chi connectivity index (χ1) is 14.6. The number of fused-ring (bicyclic) bond motifs is 2. The fourth-order valence-corrected chi connectivity index (χ4v) is 6.00.